The van der Waals surface area contributed by atoms with Gasteiger partial charge in [-0.2, -0.15) is 0 Å². The lowest BCUT2D eigenvalue weighted by Gasteiger charge is -2.21. The lowest BCUT2D eigenvalue weighted by molar-refractivity contribution is 0.0771. The number of carbonyl (C=O) groups is 1. The van der Waals surface area contributed by atoms with E-state index in [0.717, 1.165) is 12.5 Å². The molecule has 1 aromatic heterocycles. The topological polar surface area (TPSA) is 79.4 Å². The number of halogens is 2. The summed E-state index contributed by atoms with van der Waals surface area (Å²) in [6.07, 6.45) is 1.83. The summed E-state index contributed by atoms with van der Waals surface area (Å²) < 4.78 is 52.1. The molecule has 1 saturated heterocycles. The van der Waals surface area contributed by atoms with Crippen molar-refractivity contribution in [2.45, 2.75) is 19.9 Å². The second kappa shape index (κ2) is 6.48. The summed E-state index contributed by atoms with van der Waals surface area (Å²) >= 11 is 0. The van der Waals surface area contributed by atoms with E-state index in [1.54, 1.807) is 0 Å². The molecule has 9 heteroatoms. The Kier molecular flexibility index (Phi) is 5.00. The first kappa shape index (κ1) is 17.7. The van der Waals surface area contributed by atoms with Crippen molar-refractivity contribution < 1.29 is 22.0 Å². The second-order valence-corrected chi connectivity index (χ2v) is 7.88. The van der Waals surface area contributed by atoms with Crippen LogP contribution in [-0.2, 0) is 10.0 Å². The maximum absolute atomic E-state index is 13.7. The molecule has 6 nitrogen and oxygen atoms in total. The smallest absolute Gasteiger partial charge is 0.275 e. The lowest BCUT2D eigenvalue weighted by Crippen LogP contribution is -2.41. The van der Waals surface area contributed by atoms with Crippen LogP contribution in [0.2, 0.25) is 0 Å². The van der Waals surface area contributed by atoms with Gasteiger partial charge in [-0.3, -0.25) is 4.79 Å². The number of amides is 1. The van der Waals surface area contributed by atoms with E-state index in [9.17, 15) is 22.0 Å². The van der Waals surface area contributed by atoms with Crippen LogP contribution in [-0.4, -0.2) is 49.6 Å². The normalized spacial score (nSPS) is 21.9. The zero-order chi connectivity index (χ0) is 17.4. The quantitative estimate of drug-likeness (QED) is 0.881. The molecule has 0 unspecified atom stereocenters. The summed E-state index contributed by atoms with van der Waals surface area (Å²) in [6.45, 7) is 4.24. The third-order valence-electron chi connectivity index (χ3n) is 3.88. The van der Waals surface area contributed by atoms with E-state index in [1.165, 1.54) is 4.90 Å². The van der Waals surface area contributed by atoms with Crippen LogP contribution in [0.25, 0.3) is 0 Å². The highest BCUT2D eigenvalue weighted by atomic mass is 32.2. The van der Waals surface area contributed by atoms with E-state index in [0.29, 0.717) is 6.07 Å². The minimum absolute atomic E-state index is 0.0998. The molecule has 0 aliphatic carbocycles. The Balaban J connectivity index is 2.22. The van der Waals surface area contributed by atoms with Gasteiger partial charge < -0.3 is 4.90 Å². The van der Waals surface area contributed by atoms with Crippen LogP contribution in [0.3, 0.4) is 0 Å². The number of likely N-dealkylation sites (tertiary alicyclic amines) is 1. The molecule has 0 radical (unpaired) electrons. The Labute approximate surface area is 133 Å². The fourth-order valence-corrected chi connectivity index (χ4v) is 3.59. The standard InChI is InChI=1S/C14H19F2N3O3S/c1-8(2)10-6-19(7-12(10)18-23(3,21)22)14(20)13-11(16)4-9(15)5-17-13/h4-5,8,10,12,18H,6-7H2,1-3H3/t10-,12+/m0/s1. The Hall–Kier alpha value is -1.61. The van der Waals surface area contributed by atoms with Gasteiger partial charge >= 0.3 is 0 Å². The SMILES string of the molecule is CC(C)[C@@H]1CN(C(=O)c2ncc(F)cc2F)C[C@H]1NS(C)(=O)=O. The minimum Gasteiger partial charge on any atom is -0.335 e. The monoisotopic (exact) mass is 347 g/mol. The van der Waals surface area contributed by atoms with Crippen LogP contribution in [0.15, 0.2) is 12.3 Å². The van der Waals surface area contributed by atoms with E-state index in [1.807, 2.05) is 13.8 Å². The van der Waals surface area contributed by atoms with Crippen LogP contribution in [0.1, 0.15) is 24.3 Å². The lowest BCUT2D eigenvalue weighted by atomic mass is 9.92. The average molecular weight is 347 g/mol. The van der Waals surface area contributed by atoms with Crippen molar-refractivity contribution in [3.8, 4) is 0 Å². The molecule has 23 heavy (non-hydrogen) atoms. The Morgan fingerprint density at radius 3 is 2.57 bits per heavy atom. The summed E-state index contributed by atoms with van der Waals surface area (Å²) in [5.41, 5.74) is -0.464. The van der Waals surface area contributed by atoms with Crippen molar-refractivity contribution in [3.63, 3.8) is 0 Å². The molecule has 1 aliphatic rings. The third-order valence-corrected chi connectivity index (χ3v) is 4.62. The molecule has 1 amide bonds. The van der Waals surface area contributed by atoms with Crippen molar-refractivity contribution in [2.24, 2.45) is 11.8 Å². The Morgan fingerprint density at radius 1 is 1.39 bits per heavy atom. The van der Waals surface area contributed by atoms with Crippen molar-refractivity contribution in [1.82, 2.24) is 14.6 Å². The number of nitrogens with zero attached hydrogens (tertiary/aromatic N) is 2. The minimum atomic E-state index is -3.43. The highest BCUT2D eigenvalue weighted by molar-refractivity contribution is 7.88. The van der Waals surface area contributed by atoms with Gasteiger partial charge in [-0.05, 0) is 11.8 Å². The summed E-state index contributed by atoms with van der Waals surface area (Å²) in [7, 11) is -3.43. The molecule has 0 saturated carbocycles. The van der Waals surface area contributed by atoms with E-state index in [2.05, 4.69) is 9.71 Å². The zero-order valence-corrected chi connectivity index (χ0v) is 13.9. The largest absolute Gasteiger partial charge is 0.335 e. The zero-order valence-electron chi connectivity index (χ0n) is 13.1. The van der Waals surface area contributed by atoms with Gasteiger partial charge in [0.1, 0.15) is 5.82 Å². The number of rotatable bonds is 4. The Bertz CT molecular complexity index is 709. The summed E-state index contributed by atoms with van der Waals surface area (Å²) in [5.74, 6) is -2.55. The Morgan fingerprint density at radius 2 is 2.04 bits per heavy atom. The molecular formula is C14H19F2N3O3S. The van der Waals surface area contributed by atoms with Crippen LogP contribution in [0.5, 0.6) is 0 Å². The van der Waals surface area contributed by atoms with Crippen molar-refractivity contribution in [3.05, 3.63) is 29.6 Å². The fourth-order valence-electron chi connectivity index (χ4n) is 2.79. The van der Waals surface area contributed by atoms with E-state index in [4.69, 9.17) is 0 Å². The summed E-state index contributed by atoms with van der Waals surface area (Å²) in [6, 6.07) is 0.153. The molecule has 1 N–H and O–H groups in total. The van der Waals surface area contributed by atoms with Gasteiger partial charge in [-0.15, -0.1) is 0 Å². The number of nitrogens with one attached hydrogen (secondary N) is 1. The first-order chi connectivity index (χ1) is 10.6. The van der Waals surface area contributed by atoms with E-state index in [-0.39, 0.29) is 24.9 Å². The second-order valence-electron chi connectivity index (χ2n) is 6.10. The molecule has 2 rings (SSSR count). The summed E-state index contributed by atoms with van der Waals surface area (Å²) in [4.78, 5) is 17.2. The molecule has 1 aromatic rings. The number of carbonyl (C=O) groups excluding carboxylic acids is 1. The fraction of sp³-hybridized carbons (Fsp3) is 0.571. The van der Waals surface area contributed by atoms with Gasteiger partial charge in [0, 0.05) is 25.2 Å². The van der Waals surface area contributed by atoms with Crippen molar-refractivity contribution >= 4 is 15.9 Å². The van der Waals surface area contributed by atoms with Gasteiger partial charge in [0.15, 0.2) is 11.5 Å². The summed E-state index contributed by atoms with van der Waals surface area (Å²) in [5, 5.41) is 0. The maximum Gasteiger partial charge on any atom is 0.275 e. The molecule has 1 fully saturated rings. The van der Waals surface area contributed by atoms with Gasteiger partial charge in [0.2, 0.25) is 10.0 Å². The van der Waals surface area contributed by atoms with Crippen molar-refractivity contribution in [2.75, 3.05) is 19.3 Å². The van der Waals surface area contributed by atoms with Gasteiger partial charge in [0.05, 0.1) is 12.5 Å². The molecule has 1 aliphatic heterocycles. The van der Waals surface area contributed by atoms with E-state index >= 15 is 0 Å². The number of sulfonamides is 1. The maximum atomic E-state index is 13.7. The van der Waals surface area contributed by atoms with Gasteiger partial charge in [-0.25, -0.2) is 26.9 Å². The van der Waals surface area contributed by atoms with Crippen molar-refractivity contribution in [1.29, 1.82) is 0 Å². The highest BCUT2D eigenvalue weighted by Gasteiger charge is 2.39. The van der Waals surface area contributed by atoms with Crippen LogP contribution in [0.4, 0.5) is 8.78 Å². The van der Waals surface area contributed by atoms with Crippen LogP contribution >= 0.6 is 0 Å². The molecule has 128 valence electrons. The predicted octanol–water partition coefficient (Wildman–Crippen LogP) is 1.01. The molecule has 2 atom stereocenters. The molecule has 0 spiro atoms. The van der Waals surface area contributed by atoms with Gasteiger partial charge in [-0.1, -0.05) is 13.8 Å². The highest BCUT2D eigenvalue weighted by Crippen LogP contribution is 2.26. The van der Waals surface area contributed by atoms with Crippen LogP contribution < -0.4 is 4.72 Å². The molecule has 2 heterocycles. The third kappa shape index (κ3) is 4.23. The number of aromatic nitrogens is 1. The van der Waals surface area contributed by atoms with Crippen LogP contribution in [0, 0.1) is 23.5 Å². The molecular weight excluding hydrogens is 328 g/mol. The molecule has 0 bridgehead atoms. The number of hydrogen-bond donors (Lipinski definition) is 1. The first-order valence-corrected chi connectivity index (χ1v) is 9.05. The molecule has 0 aromatic carbocycles. The average Bonchev–Trinajstić information content (AvgIpc) is 2.79. The first-order valence-electron chi connectivity index (χ1n) is 7.16. The number of hydrogen-bond acceptors (Lipinski definition) is 4. The number of pyridine rings is 1. The predicted molar refractivity (Wildman–Crippen MR) is 80.2 cm³/mol. The van der Waals surface area contributed by atoms with Gasteiger partial charge in [0.25, 0.3) is 5.91 Å². The van der Waals surface area contributed by atoms with E-state index < -0.39 is 39.3 Å².